The summed E-state index contributed by atoms with van der Waals surface area (Å²) < 4.78 is 0. The molecule has 0 unspecified atom stereocenters. The van der Waals surface area contributed by atoms with Gasteiger partial charge in [-0.3, -0.25) is 10.1 Å². The number of urea groups is 1. The van der Waals surface area contributed by atoms with Crippen LogP contribution in [0.15, 0.2) is 18.3 Å². The molecule has 0 bridgehead atoms. The summed E-state index contributed by atoms with van der Waals surface area (Å²) in [6, 6.07) is 5.06. The van der Waals surface area contributed by atoms with Crippen molar-refractivity contribution in [2.24, 2.45) is 0 Å². The number of imide groups is 1. The lowest BCUT2D eigenvalue weighted by Crippen LogP contribution is -2.48. The third-order valence-corrected chi connectivity index (χ3v) is 3.90. The first-order valence-corrected chi connectivity index (χ1v) is 6.56. The molecule has 0 radical (unpaired) electrons. The molecule has 3 amide bonds. The Morgan fingerprint density at radius 3 is 2.70 bits per heavy atom. The highest BCUT2D eigenvalue weighted by Gasteiger charge is 2.50. The average molecular weight is 272 g/mol. The number of carbonyl (C=O) groups excluding carboxylic acids is 2. The van der Waals surface area contributed by atoms with E-state index in [0.717, 1.165) is 0 Å². The Morgan fingerprint density at radius 2 is 2.10 bits per heavy atom. The first kappa shape index (κ1) is 14.0. The number of carbonyl (C=O) groups is 2. The molecule has 1 fully saturated rings. The Morgan fingerprint density at radius 1 is 1.40 bits per heavy atom. The monoisotopic (exact) mass is 272 g/mol. The minimum absolute atomic E-state index is 0.204. The summed E-state index contributed by atoms with van der Waals surface area (Å²) in [5, 5.41) is 11.4. The van der Waals surface area contributed by atoms with Crippen molar-refractivity contribution in [3.8, 4) is 6.07 Å². The Labute approximate surface area is 117 Å². The van der Waals surface area contributed by atoms with Gasteiger partial charge in [-0.15, -0.1) is 0 Å². The average Bonchev–Trinajstić information content (AvgIpc) is 2.70. The highest BCUT2D eigenvalue weighted by Crippen LogP contribution is 2.31. The second-order valence-electron chi connectivity index (χ2n) is 4.71. The molecule has 2 heterocycles. The van der Waals surface area contributed by atoms with E-state index >= 15 is 0 Å². The van der Waals surface area contributed by atoms with Crippen LogP contribution in [0.3, 0.4) is 0 Å². The largest absolute Gasteiger partial charge is 0.325 e. The highest BCUT2D eigenvalue weighted by atomic mass is 16.2. The summed E-state index contributed by atoms with van der Waals surface area (Å²) in [6.07, 6.45) is 2.59. The fraction of sp³-hybridized carbons (Fsp3) is 0.429. The molecule has 20 heavy (non-hydrogen) atoms. The SMILES string of the molecule is CCC1(CC)C(=O)NC(=O)N1Cc1cccnc1C#N. The summed E-state index contributed by atoms with van der Waals surface area (Å²) in [4.78, 5) is 29.6. The Balaban J connectivity index is 2.38. The number of rotatable bonds is 4. The summed E-state index contributed by atoms with van der Waals surface area (Å²) in [6.45, 7) is 3.96. The summed E-state index contributed by atoms with van der Waals surface area (Å²) in [5.74, 6) is -0.269. The zero-order valence-electron chi connectivity index (χ0n) is 11.5. The molecule has 0 saturated carbocycles. The van der Waals surface area contributed by atoms with Crippen molar-refractivity contribution in [2.45, 2.75) is 38.8 Å². The van der Waals surface area contributed by atoms with Gasteiger partial charge in [-0.05, 0) is 18.9 Å². The van der Waals surface area contributed by atoms with Gasteiger partial charge in [0.1, 0.15) is 17.3 Å². The van der Waals surface area contributed by atoms with Crippen LogP contribution in [0.1, 0.15) is 37.9 Å². The Bertz CT molecular complexity index is 587. The van der Waals surface area contributed by atoms with E-state index < -0.39 is 11.6 Å². The van der Waals surface area contributed by atoms with Crippen LogP contribution in [0, 0.1) is 11.3 Å². The number of hydrogen-bond donors (Lipinski definition) is 1. The van der Waals surface area contributed by atoms with Crippen LogP contribution >= 0.6 is 0 Å². The van der Waals surface area contributed by atoms with Gasteiger partial charge in [-0.25, -0.2) is 9.78 Å². The predicted molar refractivity (Wildman–Crippen MR) is 71.3 cm³/mol. The number of pyridine rings is 1. The van der Waals surface area contributed by atoms with Crippen LogP contribution in [0.2, 0.25) is 0 Å². The molecule has 2 rings (SSSR count). The van der Waals surface area contributed by atoms with E-state index in [9.17, 15) is 9.59 Å². The van der Waals surface area contributed by atoms with E-state index in [2.05, 4.69) is 10.3 Å². The highest BCUT2D eigenvalue weighted by molar-refractivity contribution is 6.06. The minimum Gasteiger partial charge on any atom is -0.305 e. The van der Waals surface area contributed by atoms with E-state index in [4.69, 9.17) is 5.26 Å². The molecule has 0 aliphatic carbocycles. The summed E-state index contributed by atoms with van der Waals surface area (Å²) >= 11 is 0. The molecule has 1 aliphatic heterocycles. The van der Waals surface area contributed by atoms with Gasteiger partial charge in [0.15, 0.2) is 0 Å². The van der Waals surface area contributed by atoms with Gasteiger partial charge >= 0.3 is 6.03 Å². The molecule has 1 aliphatic rings. The second-order valence-corrected chi connectivity index (χ2v) is 4.71. The van der Waals surface area contributed by atoms with E-state index in [0.29, 0.717) is 18.4 Å². The number of hydrogen-bond acceptors (Lipinski definition) is 4. The van der Waals surface area contributed by atoms with Crippen LogP contribution in [0.5, 0.6) is 0 Å². The standard InChI is InChI=1S/C14H16N4O2/c1-3-14(4-2)12(19)17-13(20)18(14)9-10-6-5-7-16-11(10)8-15/h5-7H,3-4,9H2,1-2H3,(H,17,19,20). The van der Waals surface area contributed by atoms with E-state index in [1.165, 1.54) is 11.1 Å². The quantitative estimate of drug-likeness (QED) is 0.843. The van der Waals surface area contributed by atoms with Gasteiger partial charge in [-0.1, -0.05) is 19.9 Å². The molecule has 104 valence electrons. The topological polar surface area (TPSA) is 86.1 Å². The number of amides is 3. The maximum absolute atomic E-state index is 12.1. The molecule has 1 aromatic heterocycles. The normalized spacial score (nSPS) is 16.9. The van der Waals surface area contributed by atoms with Gasteiger partial charge < -0.3 is 4.90 Å². The fourth-order valence-electron chi connectivity index (χ4n) is 2.61. The van der Waals surface area contributed by atoms with Crippen molar-refractivity contribution in [3.05, 3.63) is 29.6 Å². The van der Waals surface area contributed by atoms with Crippen molar-refractivity contribution in [1.82, 2.24) is 15.2 Å². The maximum Gasteiger partial charge on any atom is 0.325 e. The number of nitriles is 1. The molecular weight excluding hydrogens is 256 g/mol. The maximum atomic E-state index is 12.1. The third-order valence-electron chi connectivity index (χ3n) is 3.90. The lowest BCUT2D eigenvalue weighted by molar-refractivity contribution is -0.127. The van der Waals surface area contributed by atoms with Crippen LogP contribution in [-0.4, -0.2) is 27.4 Å². The molecule has 1 N–H and O–H groups in total. The number of aromatic nitrogens is 1. The first-order chi connectivity index (χ1) is 9.58. The van der Waals surface area contributed by atoms with Crippen molar-refractivity contribution in [2.75, 3.05) is 0 Å². The van der Waals surface area contributed by atoms with Crippen molar-refractivity contribution < 1.29 is 9.59 Å². The second kappa shape index (κ2) is 5.29. The van der Waals surface area contributed by atoms with Gasteiger partial charge in [0, 0.05) is 11.8 Å². The smallest absolute Gasteiger partial charge is 0.305 e. The van der Waals surface area contributed by atoms with E-state index in [-0.39, 0.29) is 18.1 Å². The lowest BCUT2D eigenvalue weighted by atomic mass is 9.91. The van der Waals surface area contributed by atoms with Gasteiger partial charge in [-0.2, -0.15) is 5.26 Å². The van der Waals surface area contributed by atoms with Crippen LogP contribution in [0.4, 0.5) is 4.79 Å². The molecular formula is C14H16N4O2. The zero-order valence-corrected chi connectivity index (χ0v) is 11.5. The van der Waals surface area contributed by atoms with Crippen molar-refractivity contribution in [1.29, 1.82) is 5.26 Å². The van der Waals surface area contributed by atoms with Gasteiger partial charge in [0.05, 0.1) is 6.54 Å². The third kappa shape index (κ3) is 2.01. The number of nitrogens with one attached hydrogen (secondary N) is 1. The molecule has 6 heteroatoms. The Kier molecular flexibility index (Phi) is 3.70. The first-order valence-electron chi connectivity index (χ1n) is 6.56. The Hall–Kier alpha value is -2.42. The van der Waals surface area contributed by atoms with Crippen LogP contribution < -0.4 is 5.32 Å². The molecule has 1 saturated heterocycles. The molecule has 0 spiro atoms. The molecule has 1 aromatic rings. The van der Waals surface area contributed by atoms with Crippen molar-refractivity contribution >= 4 is 11.9 Å². The van der Waals surface area contributed by atoms with E-state index in [1.54, 1.807) is 12.1 Å². The van der Waals surface area contributed by atoms with E-state index in [1.807, 2.05) is 19.9 Å². The van der Waals surface area contributed by atoms with Crippen LogP contribution in [-0.2, 0) is 11.3 Å². The molecule has 6 nitrogen and oxygen atoms in total. The van der Waals surface area contributed by atoms with Crippen LogP contribution in [0.25, 0.3) is 0 Å². The minimum atomic E-state index is -0.834. The lowest BCUT2D eigenvalue weighted by Gasteiger charge is -2.33. The summed E-state index contributed by atoms with van der Waals surface area (Å²) in [5.41, 5.74) is 0.0894. The summed E-state index contributed by atoms with van der Waals surface area (Å²) in [7, 11) is 0. The van der Waals surface area contributed by atoms with Gasteiger partial charge in [0.25, 0.3) is 5.91 Å². The fourth-order valence-corrected chi connectivity index (χ4v) is 2.61. The molecule has 0 atom stereocenters. The predicted octanol–water partition coefficient (Wildman–Crippen LogP) is 1.56. The molecule has 0 aromatic carbocycles. The zero-order chi connectivity index (χ0) is 14.8. The number of nitrogens with zero attached hydrogens (tertiary/aromatic N) is 3. The van der Waals surface area contributed by atoms with Gasteiger partial charge in [0.2, 0.25) is 0 Å². The van der Waals surface area contributed by atoms with Crippen molar-refractivity contribution in [3.63, 3.8) is 0 Å².